The highest BCUT2D eigenvalue weighted by Crippen LogP contribution is 2.15. The van der Waals surface area contributed by atoms with Crippen LogP contribution in [0.15, 0.2) is 0 Å². The Hall–Kier alpha value is -2.12. The van der Waals surface area contributed by atoms with Crippen LogP contribution in [0.25, 0.3) is 0 Å². The summed E-state index contributed by atoms with van der Waals surface area (Å²) in [7, 11) is 0. The molecule has 7 N–H and O–H groups in total. The number of nitrogens with two attached hydrogens (primary N) is 3. The Kier molecular flexibility index (Phi) is 2.36. The second kappa shape index (κ2) is 3.32. The van der Waals surface area contributed by atoms with E-state index in [1.165, 1.54) is 0 Å². The molecule has 1 aromatic rings. The van der Waals surface area contributed by atoms with Gasteiger partial charge in [-0.05, 0) is 6.92 Å². The highest BCUT2D eigenvalue weighted by molar-refractivity contribution is 5.66. The Morgan fingerprint density at radius 3 is 1.93 bits per heavy atom. The molecule has 0 aliphatic rings. The average Bonchev–Trinajstić information content (AvgIpc) is 2.19. The molecule has 0 spiro atoms. The number of hydrogen-bond acceptors (Lipinski definition) is 6. The average molecular weight is 200 g/mol. The third kappa shape index (κ3) is 1.26. The standard InChI is InChI=1S/C6H12N6O2/c1-2-10-6-11(13)4(8)3(7)5(9)12(6)14/h10H,2,7-9H2,1H3. The van der Waals surface area contributed by atoms with Crippen molar-refractivity contribution >= 4 is 23.3 Å². The van der Waals surface area contributed by atoms with E-state index >= 15 is 0 Å². The largest absolute Gasteiger partial charge is 0.706 e. The van der Waals surface area contributed by atoms with Crippen LogP contribution in [-0.4, -0.2) is 6.54 Å². The first-order valence-electron chi connectivity index (χ1n) is 3.94. The molecule has 0 aliphatic heterocycles. The van der Waals surface area contributed by atoms with Gasteiger partial charge in [0.15, 0.2) is 5.69 Å². The van der Waals surface area contributed by atoms with Gasteiger partial charge >= 0.3 is 11.8 Å². The molecule has 0 saturated carbocycles. The summed E-state index contributed by atoms with van der Waals surface area (Å²) in [6.07, 6.45) is 0. The summed E-state index contributed by atoms with van der Waals surface area (Å²) in [6.45, 7) is 2.12. The second-order valence-electron chi connectivity index (χ2n) is 2.63. The van der Waals surface area contributed by atoms with Crippen LogP contribution in [0.1, 0.15) is 6.92 Å². The first-order valence-corrected chi connectivity index (χ1v) is 3.94. The van der Waals surface area contributed by atoms with Gasteiger partial charge < -0.3 is 21.9 Å². The van der Waals surface area contributed by atoms with E-state index in [-0.39, 0.29) is 32.7 Å². The predicted octanol–water partition coefficient (Wildman–Crippen LogP) is -1.87. The lowest BCUT2D eigenvalue weighted by Crippen LogP contribution is -2.49. The maximum Gasteiger partial charge on any atom is 0.453 e. The SMILES string of the molecule is CCNc1[n+]([O-])c(N)c(N)c(N)[n+]1[O-]. The van der Waals surface area contributed by atoms with Gasteiger partial charge in [-0.25, -0.2) is 5.32 Å². The highest BCUT2D eigenvalue weighted by Gasteiger charge is 2.21. The number of rotatable bonds is 2. The molecule has 0 saturated heterocycles. The summed E-state index contributed by atoms with van der Waals surface area (Å²) in [4.78, 5) is 0. The number of anilines is 4. The molecule has 0 bridgehead atoms. The molecular formula is C6H12N6O2. The fraction of sp³-hybridized carbons (Fsp3) is 0.333. The number of nitrogen functional groups attached to an aromatic ring is 3. The normalized spacial score (nSPS) is 10.1. The summed E-state index contributed by atoms with van der Waals surface area (Å²) < 4.78 is 0.421. The molecule has 1 aromatic heterocycles. The fourth-order valence-corrected chi connectivity index (χ4v) is 0.962. The summed E-state index contributed by atoms with van der Waals surface area (Å²) in [5, 5.41) is 25.2. The topological polar surface area (TPSA) is 144 Å². The van der Waals surface area contributed by atoms with E-state index < -0.39 is 0 Å². The molecule has 8 heteroatoms. The maximum atomic E-state index is 11.3. The third-order valence-electron chi connectivity index (χ3n) is 1.71. The van der Waals surface area contributed by atoms with Gasteiger partial charge in [-0.15, -0.1) is 0 Å². The van der Waals surface area contributed by atoms with Crippen LogP contribution < -0.4 is 32.0 Å². The summed E-state index contributed by atoms with van der Waals surface area (Å²) in [6, 6.07) is 0. The lowest BCUT2D eigenvalue weighted by atomic mass is 10.4. The molecule has 0 unspecified atom stereocenters. The molecule has 0 radical (unpaired) electrons. The van der Waals surface area contributed by atoms with Gasteiger partial charge in [0.2, 0.25) is 5.82 Å². The zero-order valence-corrected chi connectivity index (χ0v) is 7.65. The van der Waals surface area contributed by atoms with Gasteiger partial charge in [0.05, 0.1) is 6.54 Å². The molecule has 78 valence electrons. The van der Waals surface area contributed by atoms with Crippen molar-refractivity contribution in [2.75, 3.05) is 29.1 Å². The van der Waals surface area contributed by atoms with Crippen molar-refractivity contribution in [3.63, 3.8) is 0 Å². The van der Waals surface area contributed by atoms with Crippen molar-refractivity contribution < 1.29 is 9.46 Å². The molecule has 0 aliphatic carbocycles. The lowest BCUT2D eigenvalue weighted by Gasteiger charge is -2.16. The zero-order valence-electron chi connectivity index (χ0n) is 7.65. The van der Waals surface area contributed by atoms with Crippen LogP contribution in [0.3, 0.4) is 0 Å². The van der Waals surface area contributed by atoms with Gasteiger partial charge in [-0.3, -0.25) is 5.73 Å². The smallest absolute Gasteiger partial charge is 0.453 e. The van der Waals surface area contributed by atoms with Crippen LogP contribution in [0.2, 0.25) is 0 Å². The summed E-state index contributed by atoms with van der Waals surface area (Å²) >= 11 is 0. The van der Waals surface area contributed by atoms with Gasteiger partial charge in [0, 0.05) is 0 Å². The Morgan fingerprint density at radius 1 is 1.14 bits per heavy atom. The lowest BCUT2D eigenvalue weighted by molar-refractivity contribution is -0.702. The van der Waals surface area contributed by atoms with Crippen molar-refractivity contribution in [2.24, 2.45) is 0 Å². The van der Waals surface area contributed by atoms with E-state index in [2.05, 4.69) is 5.32 Å². The number of nitrogens with zero attached hydrogens (tertiary/aromatic N) is 2. The van der Waals surface area contributed by atoms with Gasteiger partial charge in [-0.1, -0.05) is 0 Å². The Morgan fingerprint density at radius 2 is 1.57 bits per heavy atom. The molecule has 0 fully saturated rings. The first kappa shape index (κ1) is 9.96. The minimum Gasteiger partial charge on any atom is -0.706 e. The molecule has 1 heterocycles. The quantitative estimate of drug-likeness (QED) is 0.325. The fourth-order valence-electron chi connectivity index (χ4n) is 0.962. The van der Waals surface area contributed by atoms with Crippen molar-refractivity contribution in [1.82, 2.24) is 0 Å². The number of nitrogens with one attached hydrogen (secondary N) is 1. The van der Waals surface area contributed by atoms with Crippen LogP contribution in [-0.2, 0) is 0 Å². The minimum absolute atomic E-state index is 0.211. The van der Waals surface area contributed by atoms with Crippen LogP contribution >= 0.6 is 0 Å². The molecule has 0 atom stereocenters. The van der Waals surface area contributed by atoms with Crippen LogP contribution in [0.5, 0.6) is 0 Å². The Balaban J connectivity index is 3.43. The Labute approximate surface area is 80.1 Å². The van der Waals surface area contributed by atoms with Crippen molar-refractivity contribution in [3.8, 4) is 0 Å². The number of aromatic nitrogens is 2. The van der Waals surface area contributed by atoms with Crippen LogP contribution in [0, 0.1) is 10.4 Å². The van der Waals surface area contributed by atoms with E-state index in [1.807, 2.05) is 0 Å². The summed E-state index contributed by atoms with van der Waals surface area (Å²) in [5.74, 6) is -0.854. The molecule has 8 nitrogen and oxygen atoms in total. The third-order valence-corrected chi connectivity index (χ3v) is 1.71. The Bertz CT molecular complexity index is 337. The molecular weight excluding hydrogens is 188 g/mol. The van der Waals surface area contributed by atoms with Crippen molar-refractivity contribution in [3.05, 3.63) is 10.4 Å². The zero-order chi connectivity index (χ0) is 10.9. The molecule has 1 rings (SSSR count). The van der Waals surface area contributed by atoms with Crippen LogP contribution in [0.4, 0.5) is 23.3 Å². The number of hydrogen-bond donors (Lipinski definition) is 4. The molecule has 0 aromatic carbocycles. The maximum absolute atomic E-state index is 11.3. The van der Waals surface area contributed by atoms with Gasteiger partial charge in [0.1, 0.15) is 0 Å². The monoisotopic (exact) mass is 200 g/mol. The van der Waals surface area contributed by atoms with Crippen molar-refractivity contribution in [2.45, 2.75) is 6.92 Å². The van der Waals surface area contributed by atoms with E-state index in [1.54, 1.807) is 6.92 Å². The first-order chi connectivity index (χ1) is 6.50. The van der Waals surface area contributed by atoms with E-state index in [0.29, 0.717) is 6.54 Å². The molecule has 14 heavy (non-hydrogen) atoms. The molecule has 0 amide bonds. The van der Waals surface area contributed by atoms with E-state index in [9.17, 15) is 10.4 Å². The second-order valence-corrected chi connectivity index (χ2v) is 2.63. The highest BCUT2D eigenvalue weighted by atomic mass is 16.5. The van der Waals surface area contributed by atoms with E-state index in [4.69, 9.17) is 17.2 Å². The summed E-state index contributed by atoms with van der Waals surface area (Å²) in [5.41, 5.74) is 15.8. The van der Waals surface area contributed by atoms with Gasteiger partial charge in [-0.2, -0.15) is 9.46 Å². The predicted molar refractivity (Wildman–Crippen MR) is 51.8 cm³/mol. The van der Waals surface area contributed by atoms with Crippen molar-refractivity contribution in [1.29, 1.82) is 0 Å². The van der Waals surface area contributed by atoms with E-state index in [0.717, 1.165) is 0 Å². The minimum atomic E-state index is -0.287. The van der Waals surface area contributed by atoms with Gasteiger partial charge in [0.25, 0.3) is 0 Å².